The highest BCUT2D eigenvalue weighted by atomic mass is 79.9. The molecule has 76 valence electrons. The summed E-state index contributed by atoms with van der Waals surface area (Å²) < 4.78 is 0.951. The van der Waals surface area contributed by atoms with Crippen molar-refractivity contribution < 1.29 is 4.79 Å². The molecular weight excluding hydrogens is 264 g/mol. The van der Waals surface area contributed by atoms with Crippen molar-refractivity contribution in [3.8, 4) is 0 Å². The van der Waals surface area contributed by atoms with Gasteiger partial charge in [0.05, 0.1) is 0 Å². The molecule has 0 radical (unpaired) electrons. The molecule has 0 heterocycles. The molecule has 5 heteroatoms. The van der Waals surface area contributed by atoms with Crippen LogP contribution in [0.4, 0.5) is 5.69 Å². The maximum atomic E-state index is 10.5. The number of anilines is 1. The van der Waals surface area contributed by atoms with Crippen LogP contribution in [0.3, 0.4) is 0 Å². The van der Waals surface area contributed by atoms with Gasteiger partial charge in [-0.3, -0.25) is 4.79 Å². The van der Waals surface area contributed by atoms with E-state index >= 15 is 0 Å². The van der Waals surface area contributed by atoms with Crippen LogP contribution < -0.4 is 11.5 Å². The van der Waals surface area contributed by atoms with Gasteiger partial charge in [0, 0.05) is 27.2 Å². The Morgan fingerprint density at radius 3 is 2.79 bits per heavy atom. The highest BCUT2D eigenvalue weighted by molar-refractivity contribution is 9.10. The molecule has 0 aliphatic heterocycles. The van der Waals surface area contributed by atoms with Gasteiger partial charge in [-0.15, -0.1) is 11.8 Å². The maximum absolute atomic E-state index is 10.5. The monoisotopic (exact) mass is 274 g/mol. The third kappa shape index (κ3) is 3.59. The second kappa shape index (κ2) is 5.26. The standard InChI is InChI=1S/C9H11BrN2OS/c10-7-5-6(11)1-2-8(7)14-4-3-9(12)13/h1-2,5H,3-4,11H2,(H2,12,13). The molecule has 4 N–H and O–H groups in total. The SMILES string of the molecule is NC(=O)CCSc1ccc(N)cc1Br. The number of thioether (sulfide) groups is 1. The molecule has 0 fully saturated rings. The number of hydrogen-bond acceptors (Lipinski definition) is 3. The van der Waals surface area contributed by atoms with E-state index in [9.17, 15) is 4.79 Å². The number of benzene rings is 1. The van der Waals surface area contributed by atoms with Gasteiger partial charge in [-0.25, -0.2) is 0 Å². The Bertz CT molecular complexity index is 344. The van der Waals surface area contributed by atoms with Gasteiger partial charge in [-0.2, -0.15) is 0 Å². The number of amides is 1. The van der Waals surface area contributed by atoms with Crippen LogP contribution in [0, 0.1) is 0 Å². The minimum absolute atomic E-state index is 0.274. The molecule has 1 aromatic carbocycles. The van der Waals surface area contributed by atoms with Crippen LogP contribution in [0.1, 0.15) is 6.42 Å². The minimum atomic E-state index is -0.274. The summed E-state index contributed by atoms with van der Waals surface area (Å²) in [7, 11) is 0. The fourth-order valence-electron chi connectivity index (χ4n) is 0.896. The predicted molar refractivity (Wildman–Crippen MR) is 63.1 cm³/mol. The molecule has 0 saturated carbocycles. The van der Waals surface area contributed by atoms with Gasteiger partial charge in [-0.05, 0) is 34.1 Å². The van der Waals surface area contributed by atoms with E-state index in [-0.39, 0.29) is 5.91 Å². The molecule has 0 saturated heterocycles. The number of nitrogen functional groups attached to an aromatic ring is 1. The summed E-state index contributed by atoms with van der Waals surface area (Å²) in [6.07, 6.45) is 0.390. The summed E-state index contributed by atoms with van der Waals surface area (Å²) >= 11 is 4.98. The third-order valence-corrected chi connectivity index (χ3v) is 3.56. The van der Waals surface area contributed by atoms with Crippen molar-refractivity contribution in [1.29, 1.82) is 0 Å². The van der Waals surface area contributed by atoms with Crippen LogP contribution in [0.25, 0.3) is 0 Å². The average molecular weight is 275 g/mol. The van der Waals surface area contributed by atoms with Crippen molar-refractivity contribution in [2.45, 2.75) is 11.3 Å². The van der Waals surface area contributed by atoms with Gasteiger partial charge >= 0.3 is 0 Å². The highest BCUT2D eigenvalue weighted by Gasteiger charge is 2.01. The van der Waals surface area contributed by atoms with Crippen molar-refractivity contribution in [1.82, 2.24) is 0 Å². The van der Waals surface area contributed by atoms with Gasteiger partial charge in [0.2, 0.25) is 5.91 Å². The second-order valence-electron chi connectivity index (χ2n) is 2.75. The minimum Gasteiger partial charge on any atom is -0.399 e. The summed E-state index contributed by atoms with van der Waals surface area (Å²) in [4.78, 5) is 11.6. The molecule has 0 atom stereocenters. The zero-order valence-electron chi connectivity index (χ0n) is 7.50. The molecule has 0 spiro atoms. The molecule has 0 aliphatic rings. The van der Waals surface area contributed by atoms with Crippen molar-refractivity contribution in [2.24, 2.45) is 5.73 Å². The Balaban J connectivity index is 2.55. The van der Waals surface area contributed by atoms with Gasteiger partial charge in [-0.1, -0.05) is 0 Å². The lowest BCUT2D eigenvalue weighted by Gasteiger charge is -2.03. The summed E-state index contributed by atoms with van der Waals surface area (Å²) in [5, 5.41) is 0. The normalized spacial score (nSPS) is 10.1. The lowest BCUT2D eigenvalue weighted by Crippen LogP contribution is -2.10. The number of nitrogens with two attached hydrogens (primary N) is 2. The zero-order chi connectivity index (χ0) is 10.6. The van der Waals surface area contributed by atoms with Crippen LogP contribution in [0.2, 0.25) is 0 Å². The smallest absolute Gasteiger partial charge is 0.218 e. The zero-order valence-corrected chi connectivity index (χ0v) is 9.90. The summed E-state index contributed by atoms with van der Waals surface area (Å²) in [5.41, 5.74) is 11.3. The highest BCUT2D eigenvalue weighted by Crippen LogP contribution is 2.29. The fourth-order valence-corrected chi connectivity index (χ4v) is 2.52. The molecular formula is C9H11BrN2OS. The molecule has 3 nitrogen and oxygen atoms in total. The van der Waals surface area contributed by atoms with Crippen molar-refractivity contribution in [2.75, 3.05) is 11.5 Å². The Morgan fingerprint density at radius 2 is 2.21 bits per heavy atom. The molecule has 0 bridgehead atoms. The first-order chi connectivity index (χ1) is 6.59. The molecule has 0 aliphatic carbocycles. The third-order valence-electron chi connectivity index (χ3n) is 1.56. The Hall–Kier alpha value is -0.680. The quantitative estimate of drug-likeness (QED) is 0.652. The molecule has 1 rings (SSSR count). The van der Waals surface area contributed by atoms with Crippen LogP contribution in [0.5, 0.6) is 0 Å². The van der Waals surface area contributed by atoms with Crippen molar-refractivity contribution in [3.05, 3.63) is 22.7 Å². The number of carbonyl (C=O) groups excluding carboxylic acids is 1. The molecule has 0 aromatic heterocycles. The number of halogens is 1. The van der Waals surface area contributed by atoms with E-state index in [1.807, 2.05) is 18.2 Å². The summed E-state index contributed by atoms with van der Waals surface area (Å²) in [6, 6.07) is 5.59. The van der Waals surface area contributed by atoms with E-state index in [0.717, 1.165) is 15.1 Å². The molecule has 0 unspecified atom stereocenters. The van der Waals surface area contributed by atoms with Crippen LogP contribution in [0.15, 0.2) is 27.6 Å². The van der Waals surface area contributed by atoms with Crippen LogP contribution in [-0.4, -0.2) is 11.7 Å². The van der Waals surface area contributed by atoms with Crippen molar-refractivity contribution in [3.63, 3.8) is 0 Å². The first-order valence-corrected chi connectivity index (χ1v) is 5.83. The number of hydrogen-bond donors (Lipinski definition) is 2. The predicted octanol–water partition coefficient (Wildman–Crippen LogP) is 2.00. The lowest BCUT2D eigenvalue weighted by molar-refractivity contribution is -0.117. The Labute approximate surface area is 95.4 Å². The van der Waals surface area contributed by atoms with Crippen molar-refractivity contribution >= 4 is 39.3 Å². The fraction of sp³-hybridized carbons (Fsp3) is 0.222. The van der Waals surface area contributed by atoms with E-state index in [4.69, 9.17) is 11.5 Å². The second-order valence-corrected chi connectivity index (χ2v) is 4.75. The molecule has 14 heavy (non-hydrogen) atoms. The summed E-state index contributed by atoms with van der Waals surface area (Å²) in [5.74, 6) is 0.418. The largest absolute Gasteiger partial charge is 0.399 e. The number of primary amides is 1. The molecule has 1 aromatic rings. The number of rotatable bonds is 4. The van der Waals surface area contributed by atoms with Gasteiger partial charge in [0.1, 0.15) is 0 Å². The van der Waals surface area contributed by atoms with E-state index in [2.05, 4.69) is 15.9 Å². The van der Waals surface area contributed by atoms with Gasteiger partial charge in [0.25, 0.3) is 0 Å². The molecule has 1 amide bonds. The lowest BCUT2D eigenvalue weighted by atomic mass is 10.3. The topological polar surface area (TPSA) is 69.1 Å². The Morgan fingerprint density at radius 1 is 1.50 bits per heavy atom. The first kappa shape index (κ1) is 11.4. The average Bonchev–Trinajstić information content (AvgIpc) is 2.08. The van der Waals surface area contributed by atoms with Gasteiger partial charge in [0.15, 0.2) is 0 Å². The maximum Gasteiger partial charge on any atom is 0.218 e. The van der Waals surface area contributed by atoms with Gasteiger partial charge < -0.3 is 11.5 Å². The summed E-state index contributed by atoms with van der Waals surface area (Å²) in [6.45, 7) is 0. The Kier molecular flexibility index (Phi) is 4.28. The van der Waals surface area contributed by atoms with Crippen LogP contribution in [-0.2, 0) is 4.79 Å². The number of carbonyl (C=O) groups is 1. The van der Waals surface area contributed by atoms with Crippen LogP contribution >= 0.6 is 27.7 Å². The van der Waals surface area contributed by atoms with E-state index in [0.29, 0.717) is 12.2 Å². The van der Waals surface area contributed by atoms with E-state index in [1.54, 1.807) is 11.8 Å². The van der Waals surface area contributed by atoms with E-state index < -0.39 is 0 Å². The first-order valence-electron chi connectivity index (χ1n) is 4.05. The van der Waals surface area contributed by atoms with E-state index in [1.165, 1.54) is 0 Å².